The van der Waals surface area contributed by atoms with Gasteiger partial charge in [0.05, 0.1) is 19.0 Å². The highest BCUT2D eigenvalue weighted by Crippen LogP contribution is 2.36. The van der Waals surface area contributed by atoms with Gasteiger partial charge >= 0.3 is 35.8 Å². The highest BCUT2D eigenvalue weighted by atomic mass is 16.7. The second-order valence-electron chi connectivity index (χ2n) is 11.6. The second-order valence-corrected chi connectivity index (χ2v) is 11.6. The molecule has 286 valence electrons. The largest absolute Gasteiger partial charge is 0.462 e. The molecule has 52 heavy (non-hydrogen) atoms. The molecule has 3 N–H and O–H groups in total. The number of carbonyl (C=O) groups excluding carboxylic acids is 9. The number of carbonyl (C=O) groups is 9. The van der Waals surface area contributed by atoms with Crippen LogP contribution in [0.5, 0.6) is 0 Å². The van der Waals surface area contributed by atoms with E-state index in [9.17, 15) is 43.2 Å². The monoisotopic (exact) mass is 737 g/mol. The molecule has 19 nitrogen and oxygen atoms in total. The zero-order chi connectivity index (χ0) is 39.2. The third kappa shape index (κ3) is 13.6. The van der Waals surface area contributed by atoms with Crippen molar-refractivity contribution in [1.29, 1.82) is 0 Å². The van der Waals surface area contributed by atoms with Gasteiger partial charge < -0.3 is 49.1 Å². The first-order chi connectivity index (χ1) is 24.3. The number of amides is 3. The van der Waals surface area contributed by atoms with E-state index in [1.807, 2.05) is 0 Å². The van der Waals surface area contributed by atoms with Crippen molar-refractivity contribution in [3.63, 3.8) is 0 Å². The Balaban J connectivity index is 2.48. The Morgan fingerprint density at radius 2 is 1.46 bits per heavy atom. The Labute approximate surface area is 298 Å². The summed E-state index contributed by atoms with van der Waals surface area (Å²) < 4.78 is 37.8. The van der Waals surface area contributed by atoms with E-state index in [2.05, 4.69) is 16.0 Å². The van der Waals surface area contributed by atoms with Gasteiger partial charge in [0.2, 0.25) is 11.8 Å². The summed E-state index contributed by atoms with van der Waals surface area (Å²) in [6.07, 6.45) is -7.68. The van der Waals surface area contributed by atoms with Crippen molar-refractivity contribution < 1.29 is 76.3 Å². The van der Waals surface area contributed by atoms with E-state index < -0.39 is 115 Å². The predicted octanol–water partition coefficient (Wildman–Crippen LogP) is -0.738. The zero-order valence-corrected chi connectivity index (χ0v) is 29.7. The van der Waals surface area contributed by atoms with Crippen molar-refractivity contribution in [3.05, 3.63) is 35.9 Å². The summed E-state index contributed by atoms with van der Waals surface area (Å²) in [5.74, 6) is -11.2. The fraction of sp³-hybridized carbons (Fsp3) is 0.545. The molecule has 1 aliphatic heterocycles. The van der Waals surface area contributed by atoms with Gasteiger partial charge in [0.25, 0.3) is 11.7 Å². The van der Waals surface area contributed by atoms with Gasteiger partial charge in [-0.1, -0.05) is 30.3 Å². The molecule has 1 saturated heterocycles. The van der Waals surface area contributed by atoms with Crippen LogP contribution in [0.15, 0.2) is 30.3 Å². The Morgan fingerprint density at radius 3 is 2.00 bits per heavy atom. The molecule has 7 atom stereocenters. The van der Waals surface area contributed by atoms with Crippen LogP contribution in [0.1, 0.15) is 60.5 Å². The highest BCUT2D eigenvalue weighted by molar-refractivity contribution is 5.91. The van der Waals surface area contributed by atoms with Gasteiger partial charge in [-0.3, -0.25) is 38.4 Å². The number of rotatable bonds is 16. The van der Waals surface area contributed by atoms with Gasteiger partial charge in [0, 0.05) is 41.5 Å². The molecular weight excluding hydrogens is 694 g/mol. The van der Waals surface area contributed by atoms with Gasteiger partial charge in [0.15, 0.2) is 12.2 Å². The van der Waals surface area contributed by atoms with Crippen LogP contribution >= 0.6 is 0 Å². The summed E-state index contributed by atoms with van der Waals surface area (Å²) in [6, 6.07) is 6.12. The Morgan fingerprint density at radius 1 is 0.827 bits per heavy atom. The molecule has 0 unspecified atom stereocenters. The number of benzene rings is 1. The molecule has 0 saturated carbocycles. The lowest BCUT2D eigenvalue weighted by Crippen LogP contribution is -2.70. The predicted molar refractivity (Wildman–Crippen MR) is 172 cm³/mol. The molecule has 19 heteroatoms. The molecule has 0 spiro atoms. The second kappa shape index (κ2) is 19.7. The Kier molecular flexibility index (Phi) is 16.1. The minimum absolute atomic E-state index is 0.0590. The van der Waals surface area contributed by atoms with E-state index in [-0.39, 0.29) is 6.61 Å². The van der Waals surface area contributed by atoms with Crippen LogP contribution in [0, 0.1) is 0 Å². The topological polar surface area (TPSA) is 254 Å². The number of nitrogens with one attached hydrogen (secondary N) is 3. The first-order valence-electron chi connectivity index (χ1n) is 15.9. The molecule has 1 heterocycles. The number of hydrogen-bond acceptors (Lipinski definition) is 16. The molecule has 0 bridgehead atoms. The fourth-order valence-corrected chi connectivity index (χ4v) is 5.10. The van der Waals surface area contributed by atoms with Crippen molar-refractivity contribution in [2.45, 2.75) is 104 Å². The van der Waals surface area contributed by atoms with E-state index in [0.717, 1.165) is 41.5 Å². The third-order valence-electron chi connectivity index (χ3n) is 7.02. The van der Waals surface area contributed by atoms with Crippen molar-refractivity contribution in [2.75, 3.05) is 13.2 Å². The fourth-order valence-electron chi connectivity index (χ4n) is 5.10. The van der Waals surface area contributed by atoms with E-state index in [1.165, 1.54) is 6.92 Å². The van der Waals surface area contributed by atoms with E-state index in [0.29, 0.717) is 5.56 Å². The maximum atomic E-state index is 13.9. The molecule has 2 rings (SSSR count). The molecule has 0 radical (unpaired) electrons. The maximum Gasteiger partial charge on any atom is 0.328 e. The van der Waals surface area contributed by atoms with Crippen LogP contribution in [-0.4, -0.2) is 109 Å². The van der Waals surface area contributed by atoms with E-state index in [4.69, 9.17) is 33.2 Å². The van der Waals surface area contributed by atoms with Crippen molar-refractivity contribution in [1.82, 2.24) is 16.0 Å². The Hall–Kier alpha value is -5.59. The molecule has 1 fully saturated rings. The SMILES string of the molecule is CC(=O)N[C@H]1[C@H]([C@H](OC(C)=O)[C@@H](COC(C)=O)OC(C)=O)O[C@](OC(C)=O)(C(=O)NCC(=O)N[C@@H](C)C(=O)OCc2ccccc2)C[C@@H]1OC(C)=O. The third-order valence-corrected chi connectivity index (χ3v) is 7.02. The molecular formula is C33H43N3O16. The van der Waals surface area contributed by atoms with Crippen molar-refractivity contribution in [3.8, 4) is 0 Å². The first-order valence-corrected chi connectivity index (χ1v) is 15.9. The lowest BCUT2D eigenvalue weighted by atomic mass is 9.87. The van der Waals surface area contributed by atoms with Gasteiger partial charge in [-0.25, -0.2) is 4.79 Å². The average Bonchev–Trinajstić information content (AvgIpc) is 3.03. The minimum Gasteiger partial charge on any atom is -0.462 e. The smallest absolute Gasteiger partial charge is 0.328 e. The molecule has 3 amide bonds. The summed E-state index contributed by atoms with van der Waals surface area (Å²) in [7, 11) is 0. The van der Waals surface area contributed by atoms with Crippen LogP contribution in [0.25, 0.3) is 0 Å². The minimum atomic E-state index is -2.76. The molecule has 1 aliphatic rings. The van der Waals surface area contributed by atoms with Gasteiger partial charge in [-0.05, 0) is 12.5 Å². The number of esters is 6. The highest BCUT2D eigenvalue weighted by Gasteiger charge is 2.59. The van der Waals surface area contributed by atoms with E-state index >= 15 is 0 Å². The summed E-state index contributed by atoms with van der Waals surface area (Å²) in [6.45, 7) is 5.75. The maximum absolute atomic E-state index is 13.9. The summed E-state index contributed by atoms with van der Waals surface area (Å²) in [4.78, 5) is 112. The van der Waals surface area contributed by atoms with Crippen LogP contribution in [0.2, 0.25) is 0 Å². The number of hydrogen-bond donors (Lipinski definition) is 3. The van der Waals surface area contributed by atoms with Crippen molar-refractivity contribution >= 4 is 53.5 Å². The van der Waals surface area contributed by atoms with Crippen LogP contribution < -0.4 is 16.0 Å². The first kappa shape index (κ1) is 42.6. The van der Waals surface area contributed by atoms with Gasteiger partial charge in [-0.15, -0.1) is 0 Å². The van der Waals surface area contributed by atoms with Crippen LogP contribution in [0.3, 0.4) is 0 Å². The zero-order valence-electron chi connectivity index (χ0n) is 29.7. The molecule has 0 aromatic heterocycles. The standard InChI is InChI=1S/C33H43N3O16/c1-17(31(44)47-15-24-11-9-8-10-12-24)35-27(43)14-34-32(45)33(51-23(7)42)13-25(48-20(4)39)28(36-18(2)37)30(52-33)29(50-22(6)41)26(49-21(5)40)16-46-19(3)38/h8-12,17,25-26,28-30H,13-16H2,1-7H3,(H,34,45)(H,35,43)(H,36,37)/t17-,25-,26+,28+,29+,30+,33-/m0/s1. The molecule has 0 aliphatic carbocycles. The van der Waals surface area contributed by atoms with Gasteiger partial charge in [-0.2, -0.15) is 0 Å². The average molecular weight is 738 g/mol. The van der Waals surface area contributed by atoms with E-state index in [1.54, 1.807) is 30.3 Å². The number of ether oxygens (including phenoxy) is 7. The van der Waals surface area contributed by atoms with Crippen LogP contribution in [-0.2, 0) is 82.9 Å². The van der Waals surface area contributed by atoms with Crippen LogP contribution in [0.4, 0.5) is 0 Å². The van der Waals surface area contributed by atoms with Gasteiger partial charge in [0.1, 0.15) is 31.5 Å². The summed E-state index contributed by atoms with van der Waals surface area (Å²) in [5, 5.41) is 7.08. The lowest BCUT2D eigenvalue weighted by Gasteiger charge is -2.48. The normalized spacial score (nSPS) is 21.0. The molecule has 1 aromatic rings. The Bertz CT molecular complexity index is 1500. The van der Waals surface area contributed by atoms with Crippen molar-refractivity contribution in [2.24, 2.45) is 0 Å². The quantitative estimate of drug-likeness (QED) is 0.140. The summed E-state index contributed by atoms with van der Waals surface area (Å²) in [5.41, 5.74) is 0.706. The summed E-state index contributed by atoms with van der Waals surface area (Å²) >= 11 is 0. The lowest BCUT2D eigenvalue weighted by molar-refractivity contribution is -0.296. The molecule has 1 aromatic carbocycles.